The lowest BCUT2D eigenvalue weighted by molar-refractivity contribution is -0.113. The number of aryl methyl sites for hydroxylation is 1. The molecular weight excluding hydrogens is 360 g/mol. The Hall–Kier alpha value is -2.86. The SMILES string of the molecule is CCOC(=O)c1cccc(NC(=O)CSc2cc(C)c3ccccc3n2)c1. The third-order valence-corrected chi connectivity index (χ3v) is 4.82. The molecule has 1 heterocycles. The van der Waals surface area contributed by atoms with E-state index in [2.05, 4.69) is 10.3 Å². The van der Waals surface area contributed by atoms with Gasteiger partial charge in [0, 0.05) is 11.1 Å². The predicted octanol–water partition coefficient (Wildman–Crippen LogP) is 4.45. The van der Waals surface area contributed by atoms with Crippen LogP contribution in [0.2, 0.25) is 0 Å². The summed E-state index contributed by atoms with van der Waals surface area (Å²) in [6, 6.07) is 16.6. The van der Waals surface area contributed by atoms with Crippen LogP contribution in [0.1, 0.15) is 22.8 Å². The van der Waals surface area contributed by atoms with Gasteiger partial charge < -0.3 is 10.1 Å². The molecule has 5 nitrogen and oxygen atoms in total. The average molecular weight is 380 g/mol. The second-order valence-electron chi connectivity index (χ2n) is 5.93. The third-order valence-electron chi connectivity index (χ3n) is 3.91. The fraction of sp³-hybridized carbons (Fsp3) is 0.190. The second-order valence-corrected chi connectivity index (χ2v) is 6.93. The van der Waals surface area contributed by atoms with E-state index < -0.39 is 5.97 Å². The number of aromatic nitrogens is 1. The lowest BCUT2D eigenvalue weighted by Gasteiger charge is -2.08. The Morgan fingerprint density at radius 3 is 2.74 bits per heavy atom. The van der Waals surface area contributed by atoms with E-state index in [0.717, 1.165) is 21.5 Å². The van der Waals surface area contributed by atoms with E-state index in [-0.39, 0.29) is 11.7 Å². The number of hydrogen-bond donors (Lipinski definition) is 1. The molecule has 3 aromatic rings. The number of pyridine rings is 1. The van der Waals surface area contributed by atoms with E-state index in [1.807, 2.05) is 37.3 Å². The lowest BCUT2D eigenvalue weighted by Crippen LogP contribution is -2.15. The summed E-state index contributed by atoms with van der Waals surface area (Å²) in [7, 11) is 0. The molecule has 2 aromatic carbocycles. The van der Waals surface area contributed by atoms with Crippen molar-refractivity contribution in [1.29, 1.82) is 0 Å². The Balaban J connectivity index is 1.63. The lowest BCUT2D eigenvalue weighted by atomic mass is 10.1. The monoisotopic (exact) mass is 380 g/mol. The molecule has 0 bridgehead atoms. The zero-order valence-corrected chi connectivity index (χ0v) is 16.0. The van der Waals surface area contributed by atoms with Gasteiger partial charge in [0.25, 0.3) is 0 Å². The van der Waals surface area contributed by atoms with Crippen molar-refractivity contribution in [2.24, 2.45) is 0 Å². The highest BCUT2D eigenvalue weighted by Gasteiger charge is 2.10. The van der Waals surface area contributed by atoms with Crippen molar-refractivity contribution >= 4 is 40.2 Å². The molecule has 0 saturated carbocycles. The first-order valence-corrected chi connectivity index (χ1v) is 9.61. The topological polar surface area (TPSA) is 68.3 Å². The van der Waals surface area contributed by atoms with Gasteiger partial charge in [-0.2, -0.15) is 0 Å². The Kier molecular flexibility index (Phi) is 6.08. The van der Waals surface area contributed by atoms with Gasteiger partial charge in [-0.3, -0.25) is 4.79 Å². The number of thioether (sulfide) groups is 1. The molecule has 0 atom stereocenters. The van der Waals surface area contributed by atoms with Gasteiger partial charge in [0.15, 0.2) is 0 Å². The summed E-state index contributed by atoms with van der Waals surface area (Å²) in [5.41, 5.74) is 3.02. The number of rotatable bonds is 6. The zero-order valence-electron chi connectivity index (χ0n) is 15.2. The number of hydrogen-bond acceptors (Lipinski definition) is 5. The van der Waals surface area contributed by atoms with Gasteiger partial charge in [-0.15, -0.1) is 0 Å². The van der Waals surface area contributed by atoms with Gasteiger partial charge in [-0.05, 0) is 49.7 Å². The molecule has 0 aliphatic rings. The molecule has 138 valence electrons. The van der Waals surface area contributed by atoms with Crippen LogP contribution >= 0.6 is 11.8 Å². The highest BCUT2D eigenvalue weighted by Crippen LogP contribution is 2.23. The van der Waals surface area contributed by atoms with Gasteiger partial charge in [0.2, 0.25) is 5.91 Å². The number of esters is 1. The van der Waals surface area contributed by atoms with Crippen molar-refractivity contribution in [2.45, 2.75) is 18.9 Å². The number of ether oxygens (including phenoxy) is 1. The molecule has 0 fully saturated rings. The predicted molar refractivity (Wildman–Crippen MR) is 108 cm³/mol. The van der Waals surface area contributed by atoms with Crippen LogP contribution in [0.4, 0.5) is 5.69 Å². The van der Waals surface area contributed by atoms with Gasteiger partial charge in [0.1, 0.15) is 0 Å². The first-order valence-electron chi connectivity index (χ1n) is 8.63. The van der Waals surface area contributed by atoms with E-state index in [0.29, 0.717) is 17.9 Å². The number of anilines is 1. The van der Waals surface area contributed by atoms with Crippen molar-refractivity contribution in [3.63, 3.8) is 0 Å². The number of nitrogens with one attached hydrogen (secondary N) is 1. The molecule has 0 aliphatic carbocycles. The summed E-state index contributed by atoms with van der Waals surface area (Å²) in [4.78, 5) is 28.6. The number of fused-ring (bicyclic) bond motifs is 1. The van der Waals surface area contributed by atoms with Crippen LogP contribution in [0.5, 0.6) is 0 Å². The Morgan fingerprint density at radius 2 is 1.93 bits per heavy atom. The van der Waals surface area contributed by atoms with Gasteiger partial charge in [0.05, 0.1) is 28.5 Å². The Bertz CT molecular complexity index is 988. The normalized spacial score (nSPS) is 10.6. The maximum absolute atomic E-state index is 12.3. The van der Waals surface area contributed by atoms with Gasteiger partial charge >= 0.3 is 5.97 Å². The molecule has 0 saturated heterocycles. The standard InChI is InChI=1S/C21H20N2O3S/c1-3-26-21(25)15-7-6-8-16(12-15)22-19(24)13-27-20-11-14(2)17-9-4-5-10-18(17)23-20/h4-12H,3,13H2,1-2H3,(H,22,24). The minimum Gasteiger partial charge on any atom is -0.462 e. The van der Waals surface area contributed by atoms with Crippen LogP contribution in [-0.4, -0.2) is 29.2 Å². The highest BCUT2D eigenvalue weighted by molar-refractivity contribution is 7.99. The van der Waals surface area contributed by atoms with Crippen LogP contribution in [0.25, 0.3) is 10.9 Å². The van der Waals surface area contributed by atoms with Crippen LogP contribution in [0.3, 0.4) is 0 Å². The second kappa shape index (κ2) is 8.68. The van der Waals surface area contributed by atoms with E-state index in [9.17, 15) is 9.59 Å². The summed E-state index contributed by atoms with van der Waals surface area (Å²) in [5.74, 6) is -0.332. The van der Waals surface area contributed by atoms with E-state index in [4.69, 9.17) is 4.74 Å². The number of amides is 1. The van der Waals surface area contributed by atoms with E-state index in [1.54, 1.807) is 31.2 Å². The summed E-state index contributed by atoms with van der Waals surface area (Å²) in [5, 5.41) is 4.73. The molecule has 0 unspecified atom stereocenters. The highest BCUT2D eigenvalue weighted by atomic mass is 32.2. The van der Waals surface area contributed by atoms with Crippen molar-refractivity contribution in [1.82, 2.24) is 4.98 Å². The average Bonchev–Trinajstić information content (AvgIpc) is 2.67. The first kappa shape index (κ1) is 18.9. The summed E-state index contributed by atoms with van der Waals surface area (Å²) in [6.07, 6.45) is 0. The van der Waals surface area contributed by atoms with Crippen LogP contribution in [-0.2, 0) is 9.53 Å². The summed E-state index contributed by atoms with van der Waals surface area (Å²) >= 11 is 1.38. The quantitative estimate of drug-likeness (QED) is 0.505. The van der Waals surface area contributed by atoms with Crippen LogP contribution in [0.15, 0.2) is 59.6 Å². The van der Waals surface area contributed by atoms with E-state index >= 15 is 0 Å². The maximum atomic E-state index is 12.3. The Labute approximate surface area is 162 Å². The summed E-state index contributed by atoms with van der Waals surface area (Å²) in [6.45, 7) is 4.10. The smallest absolute Gasteiger partial charge is 0.338 e. The fourth-order valence-corrected chi connectivity index (χ4v) is 3.44. The fourth-order valence-electron chi connectivity index (χ4n) is 2.67. The molecule has 1 aromatic heterocycles. The molecule has 0 spiro atoms. The minimum atomic E-state index is -0.404. The number of para-hydroxylation sites is 1. The van der Waals surface area contributed by atoms with Gasteiger partial charge in [-0.25, -0.2) is 9.78 Å². The number of carbonyl (C=O) groups excluding carboxylic acids is 2. The van der Waals surface area contributed by atoms with Crippen molar-refractivity contribution in [3.8, 4) is 0 Å². The summed E-state index contributed by atoms with van der Waals surface area (Å²) < 4.78 is 4.98. The van der Waals surface area contributed by atoms with Crippen molar-refractivity contribution in [2.75, 3.05) is 17.7 Å². The molecule has 3 rings (SSSR count). The molecule has 27 heavy (non-hydrogen) atoms. The van der Waals surface area contributed by atoms with E-state index in [1.165, 1.54) is 11.8 Å². The van der Waals surface area contributed by atoms with Crippen LogP contribution < -0.4 is 5.32 Å². The largest absolute Gasteiger partial charge is 0.462 e. The van der Waals surface area contributed by atoms with Crippen LogP contribution in [0, 0.1) is 6.92 Å². The zero-order chi connectivity index (χ0) is 19.2. The van der Waals surface area contributed by atoms with Gasteiger partial charge in [-0.1, -0.05) is 36.0 Å². The number of benzene rings is 2. The maximum Gasteiger partial charge on any atom is 0.338 e. The van der Waals surface area contributed by atoms with Crippen molar-refractivity contribution in [3.05, 3.63) is 65.7 Å². The number of nitrogens with zero attached hydrogens (tertiary/aromatic N) is 1. The Morgan fingerprint density at radius 1 is 1.11 bits per heavy atom. The molecule has 1 amide bonds. The minimum absolute atomic E-state index is 0.159. The molecule has 0 aliphatic heterocycles. The molecular formula is C21H20N2O3S. The third kappa shape index (κ3) is 4.86. The number of carbonyl (C=O) groups is 2. The van der Waals surface area contributed by atoms with Crippen molar-refractivity contribution < 1.29 is 14.3 Å². The molecule has 0 radical (unpaired) electrons. The molecule has 1 N–H and O–H groups in total. The molecule has 6 heteroatoms. The first-order chi connectivity index (χ1) is 13.1.